The third-order valence-electron chi connectivity index (χ3n) is 2.97. The average Bonchev–Trinajstić information content (AvgIpc) is 3.06. The van der Waals surface area contributed by atoms with Crippen molar-refractivity contribution < 1.29 is 28.8 Å². The van der Waals surface area contributed by atoms with Gasteiger partial charge in [-0.15, -0.1) is 11.3 Å². The fourth-order valence-corrected chi connectivity index (χ4v) is 2.62. The van der Waals surface area contributed by atoms with Gasteiger partial charge in [-0.05, 0) is 17.5 Å². The number of para-hydroxylation sites is 1. The maximum absolute atomic E-state index is 11.9. The van der Waals surface area contributed by atoms with Gasteiger partial charge in [-0.2, -0.15) is 0 Å². The van der Waals surface area contributed by atoms with Crippen molar-refractivity contribution >= 4 is 40.6 Å². The zero-order valence-electron chi connectivity index (χ0n) is 12.9. The summed E-state index contributed by atoms with van der Waals surface area (Å²) < 4.78 is 9.37. The number of nitro groups is 1. The number of hydrogen-bond acceptors (Lipinski definition) is 8. The Hall–Kier alpha value is -3.27. The van der Waals surface area contributed by atoms with E-state index in [-0.39, 0.29) is 16.1 Å². The summed E-state index contributed by atoms with van der Waals surface area (Å²) in [6.45, 7) is -0.665. The Kier molecular flexibility index (Phi) is 5.79. The second-order valence-corrected chi connectivity index (χ2v) is 5.47. The first-order valence-electron chi connectivity index (χ1n) is 6.80. The van der Waals surface area contributed by atoms with E-state index in [1.165, 1.54) is 31.4 Å². The van der Waals surface area contributed by atoms with Gasteiger partial charge < -0.3 is 14.8 Å². The molecule has 1 N–H and O–H groups in total. The summed E-state index contributed by atoms with van der Waals surface area (Å²) >= 11 is 1.08. The SMILES string of the molecule is COC(=O)c1sccc1NC(=O)COC(=O)c1ccccc1[N+](=O)[O-]. The van der Waals surface area contributed by atoms with E-state index in [4.69, 9.17) is 4.74 Å². The van der Waals surface area contributed by atoms with Crippen LogP contribution in [0.3, 0.4) is 0 Å². The molecule has 0 unspecified atom stereocenters. The molecule has 2 aromatic rings. The zero-order valence-corrected chi connectivity index (χ0v) is 13.7. The maximum Gasteiger partial charge on any atom is 0.350 e. The van der Waals surface area contributed by atoms with Crippen molar-refractivity contribution in [1.82, 2.24) is 0 Å². The van der Waals surface area contributed by atoms with Gasteiger partial charge in [0.05, 0.1) is 17.7 Å². The lowest BCUT2D eigenvalue weighted by atomic mass is 10.2. The van der Waals surface area contributed by atoms with Crippen molar-refractivity contribution in [3.63, 3.8) is 0 Å². The van der Waals surface area contributed by atoms with Crippen LogP contribution in [0.2, 0.25) is 0 Å². The minimum Gasteiger partial charge on any atom is -0.465 e. The summed E-state index contributed by atoms with van der Waals surface area (Å²) in [7, 11) is 1.21. The quantitative estimate of drug-likeness (QED) is 0.473. The number of esters is 2. The maximum atomic E-state index is 11.9. The Bertz CT molecular complexity index is 831. The molecule has 0 spiro atoms. The lowest BCUT2D eigenvalue weighted by Crippen LogP contribution is -2.22. The lowest BCUT2D eigenvalue weighted by molar-refractivity contribution is -0.385. The molecule has 1 amide bonds. The highest BCUT2D eigenvalue weighted by atomic mass is 32.1. The fourth-order valence-electron chi connectivity index (χ4n) is 1.86. The molecule has 0 aliphatic carbocycles. The summed E-state index contributed by atoms with van der Waals surface area (Å²) in [4.78, 5) is 45.7. The predicted octanol–water partition coefficient (Wildman–Crippen LogP) is 2.24. The molecule has 1 aromatic heterocycles. The van der Waals surface area contributed by atoms with Crippen LogP contribution in [0.5, 0.6) is 0 Å². The number of ether oxygens (including phenoxy) is 2. The topological polar surface area (TPSA) is 125 Å². The van der Waals surface area contributed by atoms with E-state index in [0.717, 1.165) is 17.4 Å². The molecular weight excluding hydrogens is 352 g/mol. The highest BCUT2D eigenvalue weighted by Crippen LogP contribution is 2.23. The fraction of sp³-hybridized carbons (Fsp3) is 0.133. The van der Waals surface area contributed by atoms with Gasteiger partial charge in [0, 0.05) is 6.07 Å². The third kappa shape index (κ3) is 4.38. The second kappa shape index (κ2) is 8.02. The number of amides is 1. The summed E-state index contributed by atoms with van der Waals surface area (Å²) in [5, 5.41) is 14.9. The minimum absolute atomic E-state index is 0.195. The van der Waals surface area contributed by atoms with E-state index in [9.17, 15) is 24.5 Å². The molecule has 2 rings (SSSR count). The molecule has 0 atom stereocenters. The van der Waals surface area contributed by atoms with Crippen molar-refractivity contribution in [2.24, 2.45) is 0 Å². The van der Waals surface area contributed by atoms with Crippen LogP contribution in [0.25, 0.3) is 0 Å². The molecule has 0 fully saturated rings. The van der Waals surface area contributed by atoms with Crippen LogP contribution >= 0.6 is 11.3 Å². The Morgan fingerprint density at radius 1 is 1.20 bits per heavy atom. The number of nitrogens with one attached hydrogen (secondary N) is 1. The standard InChI is InChI=1S/C15H12N2O7S/c1-23-15(20)13-10(6-7-25-13)16-12(18)8-24-14(19)9-4-2-3-5-11(9)17(21)22/h2-7H,8H2,1H3,(H,16,18). The first kappa shape index (κ1) is 18.1. The first-order valence-corrected chi connectivity index (χ1v) is 7.68. The van der Waals surface area contributed by atoms with Gasteiger partial charge in [-0.25, -0.2) is 9.59 Å². The highest BCUT2D eigenvalue weighted by Gasteiger charge is 2.22. The van der Waals surface area contributed by atoms with Gasteiger partial charge >= 0.3 is 11.9 Å². The Labute approximate surface area is 145 Å². The van der Waals surface area contributed by atoms with E-state index in [1.807, 2.05) is 0 Å². The van der Waals surface area contributed by atoms with E-state index < -0.39 is 35.1 Å². The smallest absolute Gasteiger partial charge is 0.350 e. The number of nitrogens with zero attached hydrogens (tertiary/aromatic N) is 1. The van der Waals surface area contributed by atoms with E-state index >= 15 is 0 Å². The molecule has 0 saturated heterocycles. The number of rotatable bonds is 6. The zero-order chi connectivity index (χ0) is 18.4. The van der Waals surface area contributed by atoms with Crippen molar-refractivity contribution in [1.29, 1.82) is 0 Å². The molecule has 0 radical (unpaired) electrons. The highest BCUT2D eigenvalue weighted by molar-refractivity contribution is 7.12. The van der Waals surface area contributed by atoms with Gasteiger partial charge in [0.15, 0.2) is 6.61 Å². The van der Waals surface area contributed by atoms with E-state index in [0.29, 0.717) is 0 Å². The summed E-state index contributed by atoms with van der Waals surface area (Å²) in [5.41, 5.74) is -0.451. The summed E-state index contributed by atoms with van der Waals surface area (Å²) in [6.07, 6.45) is 0. The summed E-state index contributed by atoms with van der Waals surface area (Å²) in [6, 6.07) is 6.74. The Morgan fingerprint density at radius 3 is 2.60 bits per heavy atom. The van der Waals surface area contributed by atoms with Crippen LogP contribution in [0, 0.1) is 10.1 Å². The molecule has 9 nitrogen and oxygen atoms in total. The van der Waals surface area contributed by atoms with Crippen molar-refractivity contribution in [2.45, 2.75) is 0 Å². The number of benzene rings is 1. The molecule has 1 heterocycles. The van der Waals surface area contributed by atoms with Gasteiger partial charge in [-0.1, -0.05) is 12.1 Å². The van der Waals surface area contributed by atoms with Crippen LogP contribution in [0.4, 0.5) is 11.4 Å². The van der Waals surface area contributed by atoms with Crippen molar-refractivity contribution in [3.8, 4) is 0 Å². The normalized spacial score (nSPS) is 9.96. The van der Waals surface area contributed by atoms with Gasteiger partial charge in [0.2, 0.25) is 0 Å². The van der Waals surface area contributed by atoms with E-state index in [1.54, 1.807) is 5.38 Å². The second-order valence-electron chi connectivity index (χ2n) is 4.55. The molecule has 10 heteroatoms. The van der Waals surface area contributed by atoms with Crippen LogP contribution in [-0.4, -0.2) is 36.5 Å². The lowest BCUT2D eigenvalue weighted by Gasteiger charge is -2.07. The molecular formula is C15H12N2O7S. The monoisotopic (exact) mass is 364 g/mol. The molecule has 25 heavy (non-hydrogen) atoms. The average molecular weight is 364 g/mol. The number of hydrogen-bond donors (Lipinski definition) is 1. The Morgan fingerprint density at radius 2 is 1.92 bits per heavy atom. The van der Waals surface area contributed by atoms with Gasteiger partial charge in [0.25, 0.3) is 11.6 Å². The number of anilines is 1. The largest absolute Gasteiger partial charge is 0.465 e. The predicted molar refractivity (Wildman–Crippen MR) is 87.7 cm³/mol. The number of thiophene rings is 1. The summed E-state index contributed by atoms with van der Waals surface area (Å²) in [5.74, 6) is -2.31. The first-order chi connectivity index (χ1) is 11.9. The number of carbonyl (C=O) groups excluding carboxylic acids is 3. The minimum atomic E-state index is -0.999. The van der Waals surface area contributed by atoms with Crippen molar-refractivity contribution in [2.75, 3.05) is 19.0 Å². The van der Waals surface area contributed by atoms with Gasteiger partial charge in [0.1, 0.15) is 10.4 Å². The van der Waals surface area contributed by atoms with Gasteiger partial charge in [-0.3, -0.25) is 14.9 Å². The number of methoxy groups -OCH3 is 1. The van der Waals surface area contributed by atoms with E-state index in [2.05, 4.69) is 10.1 Å². The molecule has 0 saturated carbocycles. The number of carbonyl (C=O) groups is 3. The van der Waals surface area contributed by atoms with Crippen molar-refractivity contribution in [3.05, 3.63) is 56.3 Å². The molecule has 0 bridgehead atoms. The number of nitro benzene ring substituents is 1. The Balaban J connectivity index is 1.99. The molecule has 1 aromatic carbocycles. The molecule has 0 aliphatic heterocycles. The third-order valence-corrected chi connectivity index (χ3v) is 3.86. The van der Waals surface area contributed by atoms with Crippen LogP contribution in [0.15, 0.2) is 35.7 Å². The van der Waals surface area contributed by atoms with Crippen LogP contribution < -0.4 is 5.32 Å². The molecule has 130 valence electrons. The van der Waals surface area contributed by atoms with Crippen LogP contribution in [0.1, 0.15) is 20.0 Å². The van der Waals surface area contributed by atoms with Crippen LogP contribution in [-0.2, 0) is 14.3 Å². The molecule has 0 aliphatic rings.